The Morgan fingerprint density at radius 1 is 1.22 bits per heavy atom. The minimum absolute atomic E-state index is 0.00293. The molecule has 104 valence electrons. The van der Waals surface area contributed by atoms with Crippen molar-refractivity contribution in [1.29, 1.82) is 0 Å². The van der Waals surface area contributed by atoms with Gasteiger partial charge in [0.25, 0.3) is 0 Å². The van der Waals surface area contributed by atoms with Gasteiger partial charge >= 0.3 is 0 Å². The molecule has 1 aliphatic heterocycles. The summed E-state index contributed by atoms with van der Waals surface area (Å²) in [6, 6.07) is 0. The summed E-state index contributed by atoms with van der Waals surface area (Å²) in [5, 5.41) is 0. The maximum Gasteiger partial charge on any atom is 0.229 e. The monoisotopic (exact) mass is 254 g/mol. The van der Waals surface area contributed by atoms with Gasteiger partial charge in [-0.25, -0.2) is 0 Å². The van der Waals surface area contributed by atoms with Crippen molar-refractivity contribution in [3.8, 4) is 0 Å². The van der Waals surface area contributed by atoms with E-state index in [4.69, 9.17) is 5.73 Å². The first-order valence-electron chi connectivity index (χ1n) is 6.89. The molecule has 18 heavy (non-hydrogen) atoms. The summed E-state index contributed by atoms with van der Waals surface area (Å²) in [4.78, 5) is 24.9. The topological polar surface area (TPSA) is 63.4 Å². The summed E-state index contributed by atoms with van der Waals surface area (Å²) in [6.07, 6.45) is 3.96. The normalized spacial score (nSPS) is 18.6. The molecule has 2 amide bonds. The van der Waals surface area contributed by atoms with Gasteiger partial charge in [0.15, 0.2) is 0 Å². The highest BCUT2D eigenvalue weighted by Gasteiger charge is 2.29. The van der Waals surface area contributed by atoms with Gasteiger partial charge in [-0.05, 0) is 30.7 Å². The molecule has 1 saturated heterocycles. The Morgan fingerprint density at radius 2 is 1.78 bits per heavy atom. The van der Waals surface area contributed by atoms with Crippen molar-refractivity contribution in [1.82, 2.24) is 4.90 Å². The molecule has 1 aliphatic rings. The molecule has 0 aromatic rings. The molecule has 0 atom stereocenters. The Hall–Kier alpha value is -0.900. The second-order valence-electron chi connectivity index (χ2n) is 6.28. The number of nitrogens with two attached hydrogens (primary N) is 1. The molecular weight excluding hydrogens is 228 g/mol. The molecule has 0 aromatic heterocycles. The molecule has 4 nitrogen and oxygen atoms in total. The van der Waals surface area contributed by atoms with Crippen molar-refractivity contribution >= 4 is 11.8 Å². The lowest BCUT2D eigenvalue weighted by atomic mass is 9.87. The standard InChI is InChI=1S/C14H26N2O2/c1-11-8-12(17)16(13(18)9-11)7-5-4-6-14(2,3)10-15/h11H,4-10,15H2,1-3H3. The van der Waals surface area contributed by atoms with Gasteiger partial charge in [-0.2, -0.15) is 0 Å². The third kappa shape index (κ3) is 4.41. The minimum Gasteiger partial charge on any atom is -0.330 e. The van der Waals surface area contributed by atoms with Crippen molar-refractivity contribution in [2.24, 2.45) is 17.1 Å². The zero-order valence-corrected chi connectivity index (χ0v) is 11.9. The van der Waals surface area contributed by atoms with E-state index in [1.165, 1.54) is 4.90 Å². The van der Waals surface area contributed by atoms with E-state index < -0.39 is 0 Å². The lowest BCUT2D eigenvalue weighted by molar-refractivity contribution is -0.149. The summed E-state index contributed by atoms with van der Waals surface area (Å²) in [5.41, 5.74) is 5.83. The van der Waals surface area contributed by atoms with Crippen LogP contribution in [0.3, 0.4) is 0 Å². The summed E-state index contributed by atoms with van der Waals surface area (Å²) in [7, 11) is 0. The fourth-order valence-electron chi connectivity index (χ4n) is 2.25. The second kappa shape index (κ2) is 6.32. The van der Waals surface area contributed by atoms with Crippen LogP contribution in [0.15, 0.2) is 0 Å². The van der Waals surface area contributed by atoms with E-state index >= 15 is 0 Å². The van der Waals surface area contributed by atoms with E-state index in [1.807, 2.05) is 6.92 Å². The smallest absolute Gasteiger partial charge is 0.229 e. The Kier molecular flexibility index (Phi) is 5.32. The van der Waals surface area contributed by atoms with Gasteiger partial charge < -0.3 is 5.73 Å². The number of carbonyl (C=O) groups is 2. The van der Waals surface area contributed by atoms with Gasteiger partial charge in [0, 0.05) is 19.4 Å². The molecule has 0 aliphatic carbocycles. The third-order valence-corrected chi connectivity index (χ3v) is 3.69. The number of piperidine rings is 1. The lowest BCUT2D eigenvalue weighted by Gasteiger charge is -2.29. The van der Waals surface area contributed by atoms with E-state index in [9.17, 15) is 9.59 Å². The Labute approximate surface area is 110 Å². The number of unbranched alkanes of at least 4 members (excludes halogenated alkanes) is 1. The number of carbonyl (C=O) groups excluding carboxylic acids is 2. The van der Waals surface area contributed by atoms with Gasteiger partial charge in [0.2, 0.25) is 11.8 Å². The SMILES string of the molecule is CC1CC(=O)N(CCCCC(C)(C)CN)C(=O)C1. The molecule has 4 heteroatoms. The third-order valence-electron chi connectivity index (χ3n) is 3.69. The first-order chi connectivity index (χ1) is 8.35. The largest absolute Gasteiger partial charge is 0.330 e. The maximum atomic E-state index is 11.7. The molecule has 1 heterocycles. The number of hydrogen-bond acceptors (Lipinski definition) is 3. The molecule has 0 saturated carbocycles. The number of amides is 2. The van der Waals surface area contributed by atoms with Crippen LogP contribution in [0.4, 0.5) is 0 Å². The number of hydrogen-bond donors (Lipinski definition) is 1. The Balaban J connectivity index is 2.31. The fraction of sp³-hybridized carbons (Fsp3) is 0.857. The van der Waals surface area contributed by atoms with E-state index in [1.54, 1.807) is 0 Å². The highest BCUT2D eigenvalue weighted by Crippen LogP contribution is 2.23. The van der Waals surface area contributed by atoms with E-state index in [0.29, 0.717) is 25.9 Å². The van der Waals surface area contributed by atoms with Crippen LogP contribution in [0.2, 0.25) is 0 Å². The van der Waals surface area contributed by atoms with Crippen LogP contribution in [0.1, 0.15) is 52.9 Å². The van der Waals surface area contributed by atoms with Crippen LogP contribution in [-0.4, -0.2) is 29.8 Å². The van der Waals surface area contributed by atoms with Gasteiger partial charge in [-0.15, -0.1) is 0 Å². The summed E-state index contributed by atoms with van der Waals surface area (Å²) in [6.45, 7) is 7.49. The zero-order valence-electron chi connectivity index (χ0n) is 11.9. The summed E-state index contributed by atoms with van der Waals surface area (Å²) < 4.78 is 0. The second-order valence-corrected chi connectivity index (χ2v) is 6.28. The lowest BCUT2D eigenvalue weighted by Crippen LogP contribution is -2.43. The molecule has 0 aromatic carbocycles. The van der Waals surface area contributed by atoms with E-state index in [0.717, 1.165) is 19.3 Å². The quantitative estimate of drug-likeness (QED) is 0.582. The van der Waals surface area contributed by atoms with Crippen LogP contribution in [0, 0.1) is 11.3 Å². The molecule has 2 N–H and O–H groups in total. The summed E-state index contributed by atoms with van der Waals surface area (Å²) >= 11 is 0. The van der Waals surface area contributed by atoms with Crippen molar-refractivity contribution < 1.29 is 9.59 Å². The number of likely N-dealkylation sites (tertiary alicyclic amines) is 1. The van der Waals surface area contributed by atoms with Crippen molar-refractivity contribution in [2.45, 2.75) is 52.9 Å². The highest BCUT2D eigenvalue weighted by molar-refractivity contribution is 5.97. The zero-order chi connectivity index (χ0) is 13.8. The number of nitrogens with zero attached hydrogens (tertiary/aromatic N) is 1. The van der Waals surface area contributed by atoms with Crippen LogP contribution in [-0.2, 0) is 9.59 Å². The molecule has 1 rings (SSSR count). The van der Waals surface area contributed by atoms with Crippen molar-refractivity contribution in [3.63, 3.8) is 0 Å². The van der Waals surface area contributed by atoms with Gasteiger partial charge in [0.05, 0.1) is 0 Å². The molecule has 0 radical (unpaired) electrons. The first-order valence-corrected chi connectivity index (χ1v) is 6.89. The predicted molar refractivity (Wildman–Crippen MR) is 71.8 cm³/mol. The van der Waals surface area contributed by atoms with Gasteiger partial charge in [-0.1, -0.05) is 27.2 Å². The predicted octanol–water partition coefficient (Wildman–Crippen LogP) is 1.93. The molecule has 1 fully saturated rings. The average Bonchev–Trinajstić information content (AvgIpc) is 2.26. The Bertz CT molecular complexity index is 295. The highest BCUT2D eigenvalue weighted by atomic mass is 16.2. The average molecular weight is 254 g/mol. The van der Waals surface area contributed by atoms with Crippen LogP contribution < -0.4 is 5.73 Å². The molecule has 0 unspecified atom stereocenters. The van der Waals surface area contributed by atoms with Crippen molar-refractivity contribution in [2.75, 3.05) is 13.1 Å². The van der Waals surface area contributed by atoms with Crippen molar-refractivity contribution in [3.05, 3.63) is 0 Å². The maximum absolute atomic E-state index is 11.7. The summed E-state index contributed by atoms with van der Waals surface area (Å²) in [5.74, 6) is 0.200. The van der Waals surface area contributed by atoms with Crippen LogP contribution in [0.25, 0.3) is 0 Å². The van der Waals surface area contributed by atoms with Crippen LogP contribution >= 0.6 is 0 Å². The number of imide groups is 1. The molecular formula is C14H26N2O2. The minimum atomic E-state index is -0.00293. The fourth-order valence-corrected chi connectivity index (χ4v) is 2.25. The molecule has 0 spiro atoms. The van der Waals surface area contributed by atoms with E-state index in [2.05, 4.69) is 13.8 Å². The first kappa shape index (κ1) is 15.2. The van der Waals surface area contributed by atoms with Gasteiger partial charge in [-0.3, -0.25) is 14.5 Å². The van der Waals surface area contributed by atoms with Crippen LogP contribution in [0.5, 0.6) is 0 Å². The number of rotatable bonds is 6. The molecule has 0 bridgehead atoms. The van der Waals surface area contributed by atoms with Gasteiger partial charge in [0.1, 0.15) is 0 Å². The Morgan fingerprint density at radius 3 is 2.28 bits per heavy atom. The van der Waals surface area contributed by atoms with E-state index in [-0.39, 0.29) is 23.1 Å².